The highest BCUT2D eigenvalue weighted by atomic mass is 16.5. The topological polar surface area (TPSA) is 74.3 Å². The van der Waals surface area contributed by atoms with E-state index in [-0.39, 0.29) is 11.9 Å². The van der Waals surface area contributed by atoms with Crippen molar-refractivity contribution in [3.05, 3.63) is 23.8 Å². The molecule has 1 atom stereocenters. The standard InChI is InChI=1S/C15H26N4O2/c1-6-19(11(2)10-18(3)4)14-9-12(21-5)7-8-13(14)15(16)17-20/h7-9,11,20H,6,10H2,1-5H3,(H2,16,17). The first-order valence-corrected chi connectivity index (χ1v) is 7.01. The molecule has 0 heterocycles. The molecule has 0 fully saturated rings. The van der Waals surface area contributed by atoms with Crippen LogP contribution in [0.25, 0.3) is 0 Å². The van der Waals surface area contributed by atoms with Gasteiger partial charge in [0.2, 0.25) is 0 Å². The number of nitrogens with two attached hydrogens (primary N) is 1. The molecule has 0 aromatic heterocycles. The Kier molecular flexibility index (Phi) is 6.30. The Hall–Kier alpha value is -1.95. The van der Waals surface area contributed by atoms with E-state index in [9.17, 15) is 0 Å². The summed E-state index contributed by atoms with van der Waals surface area (Å²) in [6, 6.07) is 5.82. The zero-order valence-corrected chi connectivity index (χ0v) is 13.5. The van der Waals surface area contributed by atoms with E-state index in [1.165, 1.54) is 0 Å². The van der Waals surface area contributed by atoms with Gasteiger partial charge in [0.1, 0.15) is 5.75 Å². The molecular weight excluding hydrogens is 268 g/mol. The lowest BCUT2D eigenvalue weighted by Crippen LogP contribution is -2.41. The van der Waals surface area contributed by atoms with Crippen molar-refractivity contribution in [2.45, 2.75) is 19.9 Å². The summed E-state index contributed by atoms with van der Waals surface area (Å²) in [6.07, 6.45) is 0. The summed E-state index contributed by atoms with van der Waals surface area (Å²) >= 11 is 0. The van der Waals surface area contributed by atoms with Crippen LogP contribution in [0.1, 0.15) is 19.4 Å². The van der Waals surface area contributed by atoms with E-state index >= 15 is 0 Å². The van der Waals surface area contributed by atoms with E-state index in [2.05, 4.69) is 28.8 Å². The lowest BCUT2D eigenvalue weighted by atomic mass is 10.1. The monoisotopic (exact) mass is 294 g/mol. The summed E-state index contributed by atoms with van der Waals surface area (Å²) in [5.74, 6) is 0.846. The number of likely N-dealkylation sites (N-methyl/N-ethyl adjacent to an activating group) is 2. The number of ether oxygens (including phenoxy) is 1. The van der Waals surface area contributed by atoms with Gasteiger partial charge in [-0.1, -0.05) is 5.16 Å². The molecule has 1 rings (SSSR count). The van der Waals surface area contributed by atoms with Crippen LogP contribution in [0.2, 0.25) is 0 Å². The van der Waals surface area contributed by atoms with Gasteiger partial charge in [0, 0.05) is 30.8 Å². The highest BCUT2D eigenvalue weighted by molar-refractivity contribution is 6.02. The number of methoxy groups -OCH3 is 1. The number of amidine groups is 1. The normalized spacial score (nSPS) is 13.3. The fourth-order valence-electron chi connectivity index (χ4n) is 2.49. The fourth-order valence-corrected chi connectivity index (χ4v) is 2.49. The van der Waals surface area contributed by atoms with Gasteiger partial charge in [-0.15, -0.1) is 0 Å². The minimum absolute atomic E-state index is 0.100. The van der Waals surface area contributed by atoms with Crippen molar-refractivity contribution in [2.75, 3.05) is 39.2 Å². The minimum Gasteiger partial charge on any atom is -0.497 e. The van der Waals surface area contributed by atoms with Crippen molar-refractivity contribution in [1.29, 1.82) is 0 Å². The molecule has 0 bridgehead atoms. The van der Waals surface area contributed by atoms with Crippen LogP contribution in [0.4, 0.5) is 5.69 Å². The van der Waals surface area contributed by atoms with Crippen molar-refractivity contribution < 1.29 is 9.94 Å². The Balaban J connectivity index is 3.27. The van der Waals surface area contributed by atoms with Crippen molar-refractivity contribution in [1.82, 2.24) is 4.90 Å². The number of rotatable bonds is 7. The van der Waals surface area contributed by atoms with Gasteiger partial charge in [-0.05, 0) is 40.1 Å². The number of hydrogen-bond donors (Lipinski definition) is 2. The molecule has 0 aliphatic carbocycles. The number of hydrogen-bond acceptors (Lipinski definition) is 5. The molecule has 0 saturated heterocycles. The molecule has 1 aromatic rings. The first-order valence-electron chi connectivity index (χ1n) is 7.01. The molecule has 0 aliphatic rings. The zero-order valence-electron chi connectivity index (χ0n) is 13.5. The van der Waals surface area contributed by atoms with Gasteiger partial charge in [0.05, 0.1) is 12.8 Å². The van der Waals surface area contributed by atoms with E-state index in [1.807, 2.05) is 26.2 Å². The molecule has 0 amide bonds. The van der Waals surface area contributed by atoms with Crippen LogP contribution in [-0.2, 0) is 0 Å². The average molecular weight is 294 g/mol. The molecule has 0 spiro atoms. The van der Waals surface area contributed by atoms with Crippen LogP contribution in [0.5, 0.6) is 5.75 Å². The first kappa shape index (κ1) is 17.1. The summed E-state index contributed by atoms with van der Waals surface area (Å²) in [7, 11) is 5.71. The summed E-state index contributed by atoms with van der Waals surface area (Å²) in [5.41, 5.74) is 7.41. The minimum atomic E-state index is 0.100. The third kappa shape index (κ3) is 4.26. The lowest BCUT2D eigenvalue weighted by Gasteiger charge is -2.33. The molecule has 118 valence electrons. The van der Waals surface area contributed by atoms with E-state index < -0.39 is 0 Å². The van der Waals surface area contributed by atoms with Crippen LogP contribution in [-0.4, -0.2) is 56.3 Å². The van der Waals surface area contributed by atoms with Crippen molar-refractivity contribution in [3.63, 3.8) is 0 Å². The van der Waals surface area contributed by atoms with Crippen molar-refractivity contribution in [2.24, 2.45) is 10.9 Å². The number of nitrogens with zero attached hydrogens (tertiary/aromatic N) is 3. The van der Waals surface area contributed by atoms with Gasteiger partial charge in [0.15, 0.2) is 5.84 Å². The quantitative estimate of drug-likeness (QED) is 0.345. The molecule has 0 aliphatic heterocycles. The zero-order chi connectivity index (χ0) is 16.0. The molecule has 1 unspecified atom stereocenters. The maximum Gasteiger partial charge on any atom is 0.172 e. The Morgan fingerprint density at radius 3 is 2.57 bits per heavy atom. The Bertz CT molecular complexity index is 489. The van der Waals surface area contributed by atoms with E-state index in [1.54, 1.807) is 13.2 Å². The smallest absolute Gasteiger partial charge is 0.172 e. The fraction of sp³-hybridized carbons (Fsp3) is 0.533. The molecule has 21 heavy (non-hydrogen) atoms. The van der Waals surface area contributed by atoms with Gasteiger partial charge < -0.3 is 25.5 Å². The van der Waals surface area contributed by atoms with Crippen molar-refractivity contribution in [3.8, 4) is 5.75 Å². The lowest BCUT2D eigenvalue weighted by molar-refractivity contribution is 0.318. The molecule has 0 radical (unpaired) electrons. The van der Waals surface area contributed by atoms with Crippen LogP contribution in [0.3, 0.4) is 0 Å². The highest BCUT2D eigenvalue weighted by Crippen LogP contribution is 2.27. The number of benzene rings is 1. The molecule has 3 N–H and O–H groups in total. The van der Waals surface area contributed by atoms with Crippen molar-refractivity contribution >= 4 is 11.5 Å². The first-order chi connectivity index (χ1) is 9.94. The predicted octanol–water partition coefficient (Wildman–Crippen LogP) is 1.57. The molecule has 6 nitrogen and oxygen atoms in total. The van der Waals surface area contributed by atoms with Gasteiger partial charge in [-0.25, -0.2) is 0 Å². The predicted molar refractivity (Wildman–Crippen MR) is 86.5 cm³/mol. The maximum absolute atomic E-state index is 8.98. The number of anilines is 1. The van der Waals surface area contributed by atoms with E-state index in [0.717, 1.165) is 24.5 Å². The molecule has 1 aromatic carbocycles. The summed E-state index contributed by atoms with van der Waals surface area (Å²) in [4.78, 5) is 4.35. The number of oxime groups is 1. The second-order valence-corrected chi connectivity index (χ2v) is 5.27. The average Bonchev–Trinajstić information content (AvgIpc) is 2.46. The Labute approximate surface area is 126 Å². The molecular formula is C15H26N4O2. The van der Waals surface area contributed by atoms with Gasteiger partial charge >= 0.3 is 0 Å². The summed E-state index contributed by atoms with van der Waals surface area (Å²) in [5, 5.41) is 12.1. The third-order valence-corrected chi connectivity index (χ3v) is 3.40. The van der Waals surface area contributed by atoms with Gasteiger partial charge in [-0.2, -0.15) is 0 Å². The van der Waals surface area contributed by atoms with Gasteiger partial charge in [-0.3, -0.25) is 0 Å². The summed E-state index contributed by atoms with van der Waals surface area (Å²) < 4.78 is 5.30. The third-order valence-electron chi connectivity index (χ3n) is 3.40. The van der Waals surface area contributed by atoms with Gasteiger partial charge in [0.25, 0.3) is 0 Å². The summed E-state index contributed by atoms with van der Waals surface area (Å²) in [6.45, 7) is 5.95. The van der Waals surface area contributed by atoms with Crippen LogP contribution in [0.15, 0.2) is 23.4 Å². The highest BCUT2D eigenvalue weighted by Gasteiger charge is 2.19. The maximum atomic E-state index is 8.98. The Morgan fingerprint density at radius 1 is 1.43 bits per heavy atom. The second-order valence-electron chi connectivity index (χ2n) is 5.27. The Morgan fingerprint density at radius 2 is 2.10 bits per heavy atom. The second kappa shape index (κ2) is 7.73. The van der Waals surface area contributed by atoms with Crippen LogP contribution >= 0.6 is 0 Å². The van der Waals surface area contributed by atoms with E-state index in [0.29, 0.717) is 5.56 Å². The largest absolute Gasteiger partial charge is 0.497 e. The van der Waals surface area contributed by atoms with Crippen LogP contribution in [0, 0.1) is 0 Å². The SMILES string of the molecule is CCN(c1cc(OC)ccc1/C(N)=N/O)C(C)CN(C)C. The van der Waals surface area contributed by atoms with E-state index in [4.69, 9.17) is 15.7 Å². The van der Waals surface area contributed by atoms with Crippen LogP contribution < -0.4 is 15.4 Å². The molecule has 6 heteroatoms. The molecule has 0 saturated carbocycles.